The van der Waals surface area contributed by atoms with Crippen LogP contribution in [0.2, 0.25) is 0 Å². The molecule has 0 saturated heterocycles. The maximum Gasteiger partial charge on any atom is 0.246 e. The Bertz CT molecular complexity index is 797. The Hall–Kier alpha value is -1.66. The van der Waals surface area contributed by atoms with Crippen LogP contribution in [0.4, 0.5) is 0 Å². The molecule has 0 spiro atoms. The van der Waals surface area contributed by atoms with Crippen LogP contribution in [0.3, 0.4) is 0 Å². The van der Waals surface area contributed by atoms with E-state index in [-0.39, 0.29) is 0 Å². The van der Waals surface area contributed by atoms with E-state index in [1.807, 2.05) is 26.0 Å². The Morgan fingerprint density at radius 2 is 1.65 bits per heavy atom. The van der Waals surface area contributed by atoms with Crippen LogP contribution in [0.15, 0.2) is 29.2 Å². The van der Waals surface area contributed by atoms with Gasteiger partial charge in [-0.25, -0.2) is 8.42 Å². The van der Waals surface area contributed by atoms with E-state index in [2.05, 4.69) is 17.2 Å². The lowest BCUT2D eigenvalue weighted by Gasteiger charge is -2.20. The first-order valence-electron chi connectivity index (χ1n) is 8.06. The Kier molecular flexibility index (Phi) is 4.29. The van der Waals surface area contributed by atoms with E-state index in [9.17, 15) is 8.42 Å². The van der Waals surface area contributed by atoms with Crippen molar-refractivity contribution in [2.45, 2.75) is 45.1 Å². The van der Waals surface area contributed by atoms with Crippen LogP contribution in [-0.4, -0.2) is 35.6 Å². The fraction of sp³-hybridized carbons (Fsp3) is 0.471. The van der Waals surface area contributed by atoms with E-state index >= 15 is 0 Å². The molecule has 2 aromatic rings. The average Bonchev–Trinajstić information content (AvgIpc) is 2.71. The van der Waals surface area contributed by atoms with Crippen molar-refractivity contribution in [1.82, 2.24) is 14.1 Å². The number of aromatic nitrogens is 2. The molecule has 0 amide bonds. The van der Waals surface area contributed by atoms with Crippen molar-refractivity contribution >= 4 is 10.0 Å². The topological polar surface area (TPSA) is 55.2 Å². The standard InChI is InChI=1S/C17H23N3O2S/c1-4-20-14(3)17(13(2)18-20)23(21,22)19-11-9-15-7-5-6-8-16(15)10-12-19/h5-8H,4,9-12H2,1-3H3. The zero-order valence-corrected chi connectivity index (χ0v) is 14.7. The Morgan fingerprint density at radius 3 is 2.13 bits per heavy atom. The van der Waals surface area contributed by atoms with Gasteiger partial charge in [-0.1, -0.05) is 24.3 Å². The number of aryl methyl sites for hydroxylation is 2. The van der Waals surface area contributed by atoms with E-state index in [0.717, 1.165) is 18.5 Å². The van der Waals surface area contributed by atoms with Crippen molar-refractivity contribution in [2.24, 2.45) is 0 Å². The minimum absolute atomic E-state index is 0.380. The molecule has 2 heterocycles. The molecule has 0 atom stereocenters. The zero-order valence-electron chi connectivity index (χ0n) is 13.9. The van der Waals surface area contributed by atoms with Gasteiger partial charge >= 0.3 is 0 Å². The maximum absolute atomic E-state index is 13.1. The molecule has 124 valence electrons. The van der Waals surface area contributed by atoms with Crippen molar-refractivity contribution in [1.29, 1.82) is 0 Å². The number of rotatable bonds is 3. The van der Waals surface area contributed by atoms with Gasteiger partial charge in [0.25, 0.3) is 0 Å². The van der Waals surface area contributed by atoms with Crippen molar-refractivity contribution in [3.05, 3.63) is 46.8 Å². The van der Waals surface area contributed by atoms with Gasteiger partial charge < -0.3 is 0 Å². The molecule has 0 radical (unpaired) electrons. The molecular weight excluding hydrogens is 310 g/mol. The molecule has 23 heavy (non-hydrogen) atoms. The van der Waals surface area contributed by atoms with E-state index < -0.39 is 10.0 Å². The summed E-state index contributed by atoms with van der Waals surface area (Å²) < 4.78 is 29.6. The smallest absolute Gasteiger partial charge is 0.246 e. The van der Waals surface area contributed by atoms with Gasteiger partial charge in [0, 0.05) is 19.6 Å². The third-order valence-electron chi connectivity index (χ3n) is 4.59. The van der Waals surface area contributed by atoms with Gasteiger partial charge in [-0.05, 0) is 44.7 Å². The number of hydrogen-bond donors (Lipinski definition) is 0. The summed E-state index contributed by atoms with van der Waals surface area (Å²) >= 11 is 0. The molecule has 0 bridgehead atoms. The Morgan fingerprint density at radius 1 is 1.09 bits per heavy atom. The molecular formula is C17H23N3O2S. The van der Waals surface area contributed by atoms with Gasteiger partial charge in [0.15, 0.2) is 0 Å². The fourth-order valence-corrected chi connectivity index (χ4v) is 5.19. The summed E-state index contributed by atoms with van der Waals surface area (Å²) in [6, 6.07) is 8.22. The SMILES string of the molecule is CCn1nc(C)c(S(=O)(=O)N2CCc3ccccc3CC2)c1C. The molecule has 0 unspecified atom stereocenters. The molecule has 0 fully saturated rings. The average molecular weight is 333 g/mol. The second-order valence-corrected chi connectivity index (χ2v) is 7.86. The lowest BCUT2D eigenvalue weighted by atomic mass is 10.0. The molecule has 1 aromatic heterocycles. The quantitative estimate of drug-likeness (QED) is 0.866. The zero-order chi connectivity index (χ0) is 16.6. The van der Waals surface area contributed by atoms with Crippen LogP contribution in [0, 0.1) is 13.8 Å². The highest BCUT2D eigenvalue weighted by Gasteiger charge is 2.31. The lowest BCUT2D eigenvalue weighted by Crippen LogP contribution is -2.34. The summed E-state index contributed by atoms with van der Waals surface area (Å²) in [6.07, 6.45) is 1.52. The van der Waals surface area contributed by atoms with Gasteiger partial charge in [0.2, 0.25) is 10.0 Å². The first kappa shape index (κ1) is 16.2. The molecule has 1 aliphatic heterocycles. The molecule has 5 nitrogen and oxygen atoms in total. The summed E-state index contributed by atoms with van der Waals surface area (Å²) in [5.41, 5.74) is 3.82. The number of sulfonamides is 1. The van der Waals surface area contributed by atoms with Crippen LogP contribution >= 0.6 is 0 Å². The van der Waals surface area contributed by atoms with Crippen LogP contribution in [-0.2, 0) is 29.4 Å². The lowest BCUT2D eigenvalue weighted by molar-refractivity contribution is 0.426. The molecule has 1 aliphatic rings. The van der Waals surface area contributed by atoms with Crippen LogP contribution in [0.5, 0.6) is 0 Å². The third kappa shape index (κ3) is 2.81. The van der Waals surface area contributed by atoms with Crippen molar-refractivity contribution in [3.8, 4) is 0 Å². The number of fused-ring (bicyclic) bond motifs is 1. The van der Waals surface area contributed by atoms with Gasteiger partial charge in [-0.2, -0.15) is 9.40 Å². The van der Waals surface area contributed by atoms with E-state index in [1.165, 1.54) is 11.1 Å². The minimum Gasteiger partial charge on any atom is -0.268 e. The van der Waals surface area contributed by atoms with Crippen LogP contribution < -0.4 is 0 Å². The maximum atomic E-state index is 13.1. The number of benzene rings is 1. The van der Waals surface area contributed by atoms with Gasteiger partial charge in [0.1, 0.15) is 4.90 Å². The van der Waals surface area contributed by atoms with Crippen LogP contribution in [0.25, 0.3) is 0 Å². The first-order valence-corrected chi connectivity index (χ1v) is 9.50. The fourth-order valence-electron chi connectivity index (χ4n) is 3.38. The normalized spacial score (nSPS) is 16.1. The Balaban J connectivity index is 1.94. The highest BCUT2D eigenvalue weighted by atomic mass is 32.2. The highest BCUT2D eigenvalue weighted by Crippen LogP contribution is 2.26. The summed E-state index contributed by atoms with van der Waals surface area (Å²) in [4.78, 5) is 0.380. The van der Waals surface area contributed by atoms with Gasteiger partial charge in [-0.15, -0.1) is 0 Å². The van der Waals surface area contributed by atoms with Crippen molar-refractivity contribution < 1.29 is 8.42 Å². The monoisotopic (exact) mass is 333 g/mol. The Labute approximate surface area is 138 Å². The first-order chi connectivity index (χ1) is 10.9. The molecule has 3 rings (SSSR count). The number of nitrogens with zero attached hydrogens (tertiary/aromatic N) is 3. The van der Waals surface area contributed by atoms with Gasteiger partial charge in [-0.3, -0.25) is 4.68 Å². The number of hydrogen-bond acceptors (Lipinski definition) is 3. The third-order valence-corrected chi connectivity index (χ3v) is 6.74. The second-order valence-electron chi connectivity index (χ2n) is 5.99. The predicted octanol–water partition coefficient (Wildman–Crippen LogP) is 2.31. The van der Waals surface area contributed by atoms with E-state index in [0.29, 0.717) is 30.2 Å². The predicted molar refractivity (Wildman–Crippen MR) is 90.0 cm³/mol. The largest absolute Gasteiger partial charge is 0.268 e. The molecule has 1 aromatic carbocycles. The molecule has 0 aliphatic carbocycles. The minimum atomic E-state index is -3.50. The molecule has 0 N–H and O–H groups in total. The molecule has 6 heteroatoms. The van der Waals surface area contributed by atoms with Crippen molar-refractivity contribution in [2.75, 3.05) is 13.1 Å². The summed E-state index contributed by atoms with van der Waals surface area (Å²) in [5, 5.41) is 4.36. The van der Waals surface area contributed by atoms with Crippen LogP contribution in [0.1, 0.15) is 29.4 Å². The van der Waals surface area contributed by atoms with Gasteiger partial charge in [0.05, 0.1) is 11.4 Å². The summed E-state index contributed by atoms with van der Waals surface area (Å²) in [5.74, 6) is 0. The highest BCUT2D eigenvalue weighted by molar-refractivity contribution is 7.89. The molecule has 0 saturated carbocycles. The van der Waals surface area contributed by atoms with E-state index in [1.54, 1.807) is 15.9 Å². The summed E-state index contributed by atoms with van der Waals surface area (Å²) in [7, 11) is -3.50. The second kappa shape index (κ2) is 6.09. The van der Waals surface area contributed by atoms with Crippen molar-refractivity contribution in [3.63, 3.8) is 0 Å². The van der Waals surface area contributed by atoms with E-state index in [4.69, 9.17) is 0 Å². The summed E-state index contributed by atoms with van der Waals surface area (Å²) in [6.45, 7) is 7.30.